The first-order valence-corrected chi connectivity index (χ1v) is 5.22. The number of carbonyl (C=O) groups excluding carboxylic acids is 1. The topological polar surface area (TPSA) is 74.6 Å². The first-order valence-electron chi connectivity index (χ1n) is 5.22. The Hall–Kier alpha value is -2.10. The SMILES string of the molecule is CC(CC=O)C(=Cc1ccccc1O)C(=O)O. The second kappa shape index (κ2) is 5.84. The lowest BCUT2D eigenvalue weighted by Crippen LogP contribution is -2.10. The molecule has 0 aliphatic heterocycles. The molecule has 0 aliphatic rings. The van der Waals surface area contributed by atoms with Gasteiger partial charge in [-0.25, -0.2) is 4.79 Å². The van der Waals surface area contributed by atoms with E-state index in [2.05, 4.69) is 0 Å². The summed E-state index contributed by atoms with van der Waals surface area (Å²) in [7, 11) is 0. The van der Waals surface area contributed by atoms with Crippen molar-refractivity contribution in [2.75, 3.05) is 0 Å². The molecule has 90 valence electrons. The monoisotopic (exact) mass is 234 g/mol. The van der Waals surface area contributed by atoms with Crippen LogP contribution in [-0.4, -0.2) is 22.5 Å². The molecule has 0 heterocycles. The van der Waals surface area contributed by atoms with E-state index < -0.39 is 5.97 Å². The van der Waals surface area contributed by atoms with E-state index in [1.165, 1.54) is 12.1 Å². The molecule has 1 rings (SSSR count). The summed E-state index contributed by atoms with van der Waals surface area (Å²) in [5, 5.41) is 18.6. The zero-order valence-electron chi connectivity index (χ0n) is 9.46. The summed E-state index contributed by atoms with van der Waals surface area (Å²) < 4.78 is 0. The standard InChI is InChI=1S/C13H14O4/c1-9(6-7-14)11(13(16)17)8-10-4-2-3-5-12(10)15/h2-5,7-9,15H,6H2,1H3,(H,16,17). The van der Waals surface area contributed by atoms with Gasteiger partial charge >= 0.3 is 5.97 Å². The maximum Gasteiger partial charge on any atom is 0.331 e. The summed E-state index contributed by atoms with van der Waals surface area (Å²) in [6.07, 6.45) is 2.23. The van der Waals surface area contributed by atoms with Crippen LogP contribution in [0.3, 0.4) is 0 Å². The highest BCUT2D eigenvalue weighted by Gasteiger charge is 2.16. The lowest BCUT2D eigenvalue weighted by Gasteiger charge is -2.09. The van der Waals surface area contributed by atoms with Crippen LogP contribution < -0.4 is 0 Å². The van der Waals surface area contributed by atoms with Gasteiger partial charge in [-0.3, -0.25) is 0 Å². The number of aldehydes is 1. The van der Waals surface area contributed by atoms with Crippen LogP contribution in [0, 0.1) is 5.92 Å². The van der Waals surface area contributed by atoms with E-state index in [1.54, 1.807) is 25.1 Å². The third-order valence-corrected chi connectivity index (χ3v) is 2.48. The van der Waals surface area contributed by atoms with Gasteiger partial charge in [0.1, 0.15) is 12.0 Å². The van der Waals surface area contributed by atoms with Gasteiger partial charge in [0.2, 0.25) is 0 Å². The van der Waals surface area contributed by atoms with Gasteiger partial charge in [-0.2, -0.15) is 0 Å². The van der Waals surface area contributed by atoms with Crippen molar-refractivity contribution in [1.29, 1.82) is 0 Å². The third kappa shape index (κ3) is 3.45. The molecule has 1 aromatic carbocycles. The Labute approximate surface area is 99.2 Å². The number of aliphatic carboxylic acids is 1. The summed E-state index contributed by atoms with van der Waals surface area (Å²) in [6.45, 7) is 1.66. The quantitative estimate of drug-likeness (QED) is 0.604. The molecular weight excluding hydrogens is 220 g/mol. The molecule has 1 atom stereocenters. The highest BCUT2D eigenvalue weighted by Crippen LogP contribution is 2.23. The number of benzene rings is 1. The molecule has 0 saturated carbocycles. The van der Waals surface area contributed by atoms with E-state index in [1.807, 2.05) is 0 Å². The molecular formula is C13H14O4. The molecule has 0 radical (unpaired) electrons. The van der Waals surface area contributed by atoms with Gasteiger partial charge in [0, 0.05) is 17.6 Å². The molecule has 0 fully saturated rings. The van der Waals surface area contributed by atoms with Gasteiger partial charge in [0.15, 0.2) is 0 Å². The predicted molar refractivity (Wildman–Crippen MR) is 63.6 cm³/mol. The van der Waals surface area contributed by atoms with Crippen molar-refractivity contribution >= 4 is 18.3 Å². The van der Waals surface area contributed by atoms with Crippen molar-refractivity contribution in [1.82, 2.24) is 0 Å². The summed E-state index contributed by atoms with van der Waals surface area (Å²) in [4.78, 5) is 21.5. The predicted octanol–water partition coefficient (Wildman–Crippen LogP) is 2.09. The molecule has 0 amide bonds. The Kier molecular flexibility index (Phi) is 4.46. The molecule has 0 spiro atoms. The van der Waals surface area contributed by atoms with Gasteiger partial charge in [-0.1, -0.05) is 25.1 Å². The number of carboxylic acids is 1. The molecule has 4 heteroatoms. The number of aromatic hydroxyl groups is 1. The van der Waals surface area contributed by atoms with Gasteiger partial charge in [0.05, 0.1) is 0 Å². The Bertz CT molecular complexity index is 448. The van der Waals surface area contributed by atoms with Crippen LogP contribution in [-0.2, 0) is 9.59 Å². The van der Waals surface area contributed by atoms with Crippen molar-refractivity contribution in [3.8, 4) is 5.75 Å². The maximum absolute atomic E-state index is 11.1. The van der Waals surface area contributed by atoms with Crippen molar-refractivity contribution < 1.29 is 19.8 Å². The van der Waals surface area contributed by atoms with Gasteiger partial charge in [-0.15, -0.1) is 0 Å². The highest BCUT2D eigenvalue weighted by molar-refractivity contribution is 5.93. The molecule has 1 unspecified atom stereocenters. The third-order valence-electron chi connectivity index (χ3n) is 2.48. The number of para-hydroxylation sites is 1. The van der Waals surface area contributed by atoms with E-state index in [-0.39, 0.29) is 23.7 Å². The Morgan fingerprint density at radius 3 is 2.59 bits per heavy atom. The number of phenolic OH excluding ortho intramolecular Hbond substituents is 1. The summed E-state index contributed by atoms with van der Waals surface area (Å²) >= 11 is 0. The number of rotatable bonds is 5. The average Bonchev–Trinajstić information content (AvgIpc) is 2.27. The average molecular weight is 234 g/mol. The lowest BCUT2D eigenvalue weighted by atomic mass is 9.96. The van der Waals surface area contributed by atoms with Crippen LogP contribution in [0.1, 0.15) is 18.9 Å². The van der Waals surface area contributed by atoms with Gasteiger partial charge in [0.25, 0.3) is 0 Å². The zero-order valence-corrected chi connectivity index (χ0v) is 9.46. The number of hydrogen-bond acceptors (Lipinski definition) is 3. The number of carbonyl (C=O) groups is 2. The second-order valence-corrected chi connectivity index (χ2v) is 3.77. The summed E-state index contributed by atoms with van der Waals surface area (Å²) in [6, 6.07) is 6.46. The molecule has 0 aromatic heterocycles. The van der Waals surface area contributed by atoms with Gasteiger partial charge in [-0.05, 0) is 18.1 Å². The first kappa shape index (κ1) is 13.0. The fraction of sp³-hybridized carbons (Fsp3) is 0.231. The molecule has 2 N–H and O–H groups in total. The van der Waals surface area contributed by atoms with E-state index in [9.17, 15) is 14.7 Å². The molecule has 0 aliphatic carbocycles. The Morgan fingerprint density at radius 1 is 1.41 bits per heavy atom. The van der Waals surface area contributed by atoms with E-state index in [0.29, 0.717) is 11.8 Å². The smallest absolute Gasteiger partial charge is 0.331 e. The van der Waals surface area contributed by atoms with Crippen molar-refractivity contribution in [3.05, 3.63) is 35.4 Å². The Balaban J connectivity index is 3.11. The highest BCUT2D eigenvalue weighted by atomic mass is 16.4. The van der Waals surface area contributed by atoms with Crippen molar-refractivity contribution in [3.63, 3.8) is 0 Å². The van der Waals surface area contributed by atoms with E-state index in [0.717, 1.165) is 0 Å². The van der Waals surface area contributed by atoms with Crippen molar-refractivity contribution in [2.45, 2.75) is 13.3 Å². The fourth-order valence-electron chi connectivity index (χ4n) is 1.46. The van der Waals surface area contributed by atoms with Gasteiger partial charge < -0.3 is 15.0 Å². The van der Waals surface area contributed by atoms with Crippen LogP contribution in [0.4, 0.5) is 0 Å². The van der Waals surface area contributed by atoms with Crippen LogP contribution in [0.15, 0.2) is 29.8 Å². The Morgan fingerprint density at radius 2 is 2.06 bits per heavy atom. The minimum Gasteiger partial charge on any atom is -0.507 e. The minimum atomic E-state index is -1.08. The number of carboxylic acid groups (broad SMARTS) is 1. The van der Waals surface area contributed by atoms with Crippen LogP contribution in [0.25, 0.3) is 6.08 Å². The normalized spacial score (nSPS) is 13.1. The van der Waals surface area contributed by atoms with Crippen LogP contribution >= 0.6 is 0 Å². The second-order valence-electron chi connectivity index (χ2n) is 3.77. The van der Waals surface area contributed by atoms with Crippen LogP contribution in [0.2, 0.25) is 0 Å². The summed E-state index contributed by atoms with van der Waals surface area (Å²) in [5.41, 5.74) is 0.543. The van der Waals surface area contributed by atoms with E-state index >= 15 is 0 Å². The molecule has 0 bridgehead atoms. The largest absolute Gasteiger partial charge is 0.507 e. The van der Waals surface area contributed by atoms with E-state index in [4.69, 9.17) is 5.11 Å². The molecule has 4 nitrogen and oxygen atoms in total. The minimum absolute atomic E-state index is 0.0181. The van der Waals surface area contributed by atoms with Crippen LogP contribution in [0.5, 0.6) is 5.75 Å². The molecule has 1 aromatic rings. The lowest BCUT2D eigenvalue weighted by molar-refractivity contribution is -0.133. The molecule has 0 saturated heterocycles. The zero-order chi connectivity index (χ0) is 12.8. The maximum atomic E-state index is 11.1. The number of phenols is 1. The number of hydrogen-bond donors (Lipinski definition) is 2. The first-order chi connectivity index (χ1) is 8.06. The molecule has 17 heavy (non-hydrogen) atoms. The fourth-order valence-corrected chi connectivity index (χ4v) is 1.46. The summed E-state index contributed by atoms with van der Waals surface area (Å²) in [5.74, 6) is -1.45. The van der Waals surface area contributed by atoms with Crippen molar-refractivity contribution in [2.24, 2.45) is 5.92 Å².